The van der Waals surface area contributed by atoms with E-state index in [-0.39, 0.29) is 17.5 Å². The van der Waals surface area contributed by atoms with Gasteiger partial charge in [-0.1, -0.05) is 49.6 Å². The third kappa shape index (κ3) is 4.82. The van der Waals surface area contributed by atoms with Gasteiger partial charge >= 0.3 is 5.97 Å². The van der Waals surface area contributed by atoms with Crippen molar-refractivity contribution in [1.82, 2.24) is 4.90 Å². The minimum absolute atomic E-state index is 0.273. The van der Waals surface area contributed by atoms with E-state index in [1.54, 1.807) is 30.3 Å². The molecule has 0 saturated carbocycles. The van der Waals surface area contributed by atoms with Gasteiger partial charge in [0.1, 0.15) is 6.04 Å². The number of amides is 3. The van der Waals surface area contributed by atoms with E-state index in [9.17, 15) is 19.2 Å². The first kappa shape index (κ1) is 22.2. The molecule has 0 radical (unpaired) electrons. The number of hydrogen-bond donors (Lipinski definition) is 1. The molecule has 3 amide bonds. The maximum Gasteiger partial charge on any atom is 0.329 e. The monoisotopic (exact) mass is 422 g/mol. The zero-order valence-corrected chi connectivity index (χ0v) is 17.9. The van der Waals surface area contributed by atoms with Crippen molar-refractivity contribution in [2.24, 2.45) is 0 Å². The van der Waals surface area contributed by atoms with E-state index < -0.39 is 36.3 Å². The number of anilines is 1. The van der Waals surface area contributed by atoms with Gasteiger partial charge in [0.15, 0.2) is 6.61 Å². The molecule has 2 aromatic carbocycles. The number of benzene rings is 2. The van der Waals surface area contributed by atoms with E-state index in [0.717, 1.165) is 22.4 Å². The van der Waals surface area contributed by atoms with Crippen molar-refractivity contribution in [2.75, 3.05) is 11.9 Å². The first-order valence-electron chi connectivity index (χ1n) is 10.3. The van der Waals surface area contributed by atoms with E-state index in [4.69, 9.17) is 4.74 Å². The average Bonchev–Trinajstić information content (AvgIpc) is 3.00. The molecule has 1 aliphatic heterocycles. The quantitative estimate of drug-likeness (QED) is 0.518. The lowest BCUT2D eigenvalue weighted by Gasteiger charge is -2.24. The van der Waals surface area contributed by atoms with Gasteiger partial charge in [-0.05, 0) is 44.0 Å². The minimum atomic E-state index is -1.07. The van der Waals surface area contributed by atoms with Gasteiger partial charge in [-0.15, -0.1) is 0 Å². The molecule has 0 aliphatic carbocycles. The number of aryl methyl sites for hydroxylation is 2. The Labute approximate surface area is 181 Å². The zero-order chi connectivity index (χ0) is 22.5. The van der Waals surface area contributed by atoms with Crippen LogP contribution in [0.2, 0.25) is 0 Å². The number of ether oxygens (including phenoxy) is 1. The van der Waals surface area contributed by atoms with Crippen LogP contribution >= 0.6 is 0 Å². The number of carbonyl (C=O) groups is 4. The van der Waals surface area contributed by atoms with Crippen molar-refractivity contribution in [3.05, 3.63) is 64.7 Å². The fourth-order valence-corrected chi connectivity index (χ4v) is 3.61. The van der Waals surface area contributed by atoms with Gasteiger partial charge in [0.05, 0.1) is 11.1 Å². The predicted molar refractivity (Wildman–Crippen MR) is 116 cm³/mol. The van der Waals surface area contributed by atoms with Crippen LogP contribution in [0.1, 0.15) is 58.0 Å². The topological polar surface area (TPSA) is 92.8 Å². The van der Waals surface area contributed by atoms with Gasteiger partial charge < -0.3 is 10.1 Å². The number of fused-ring (bicyclic) bond motifs is 1. The Morgan fingerprint density at radius 3 is 2.26 bits per heavy atom. The highest BCUT2D eigenvalue weighted by Gasteiger charge is 2.43. The van der Waals surface area contributed by atoms with Crippen LogP contribution in [-0.2, 0) is 14.3 Å². The summed E-state index contributed by atoms with van der Waals surface area (Å²) in [6.07, 6.45) is 1.68. The Balaban J connectivity index is 1.68. The molecule has 2 aromatic rings. The molecular weight excluding hydrogens is 396 g/mol. The van der Waals surface area contributed by atoms with Crippen LogP contribution in [0.3, 0.4) is 0 Å². The zero-order valence-electron chi connectivity index (χ0n) is 17.9. The van der Waals surface area contributed by atoms with Crippen LogP contribution in [0.25, 0.3) is 0 Å². The van der Waals surface area contributed by atoms with E-state index in [1.807, 2.05) is 32.9 Å². The SMILES string of the molecule is CCCC[C@H](C(=O)OCC(=O)Nc1ccc(C)cc1C)N1C(=O)c2ccccc2C1=O. The maximum atomic E-state index is 12.8. The summed E-state index contributed by atoms with van der Waals surface area (Å²) in [5, 5.41) is 2.71. The van der Waals surface area contributed by atoms with Gasteiger partial charge in [0, 0.05) is 5.69 Å². The van der Waals surface area contributed by atoms with Crippen molar-refractivity contribution in [1.29, 1.82) is 0 Å². The average molecular weight is 422 g/mol. The molecule has 1 atom stereocenters. The van der Waals surface area contributed by atoms with Crippen molar-refractivity contribution < 1.29 is 23.9 Å². The Kier molecular flexibility index (Phi) is 6.84. The smallest absolute Gasteiger partial charge is 0.329 e. The summed E-state index contributed by atoms with van der Waals surface area (Å²) in [4.78, 5) is 51.6. The van der Waals surface area contributed by atoms with Crippen LogP contribution in [0.5, 0.6) is 0 Å². The third-order valence-corrected chi connectivity index (χ3v) is 5.24. The van der Waals surface area contributed by atoms with Crippen molar-refractivity contribution >= 4 is 29.4 Å². The molecule has 0 aromatic heterocycles. The molecule has 1 heterocycles. The molecule has 3 rings (SSSR count). The molecule has 7 nitrogen and oxygen atoms in total. The molecular formula is C24H26N2O5. The molecule has 162 valence electrons. The summed E-state index contributed by atoms with van der Waals surface area (Å²) < 4.78 is 5.21. The second-order valence-corrected chi connectivity index (χ2v) is 7.66. The second-order valence-electron chi connectivity index (χ2n) is 7.66. The Bertz CT molecular complexity index is 995. The largest absolute Gasteiger partial charge is 0.454 e. The lowest BCUT2D eigenvalue weighted by atomic mass is 10.1. The van der Waals surface area contributed by atoms with Crippen LogP contribution in [0.4, 0.5) is 5.69 Å². The maximum absolute atomic E-state index is 12.8. The number of nitrogens with one attached hydrogen (secondary N) is 1. The van der Waals surface area contributed by atoms with Crippen molar-refractivity contribution in [2.45, 2.75) is 46.1 Å². The minimum Gasteiger partial charge on any atom is -0.454 e. The molecule has 0 spiro atoms. The molecule has 7 heteroatoms. The third-order valence-electron chi connectivity index (χ3n) is 5.24. The summed E-state index contributed by atoms with van der Waals surface area (Å²) >= 11 is 0. The summed E-state index contributed by atoms with van der Waals surface area (Å²) in [7, 11) is 0. The molecule has 0 fully saturated rings. The van der Waals surface area contributed by atoms with E-state index in [1.165, 1.54) is 0 Å². The van der Waals surface area contributed by atoms with Gasteiger partial charge in [0.25, 0.3) is 17.7 Å². The number of carbonyl (C=O) groups excluding carboxylic acids is 4. The van der Waals surface area contributed by atoms with E-state index in [0.29, 0.717) is 12.1 Å². The van der Waals surface area contributed by atoms with Gasteiger partial charge in [-0.2, -0.15) is 0 Å². The standard InChI is InChI=1S/C24H26N2O5/c1-4-5-10-20(26-22(28)17-8-6-7-9-18(17)23(26)29)24(30)31-14-21(27)25-19-12-11-15(2)13-16(19)3/h6-9,11-13,20H,4-5,10,14H2,1-3H3,(H,25,27)/t20-/m1/s1. The number of hydrogen-bond acceptors (Lipinski definition) is 5. The van der Waals surface area contributed by atoms with Gasteiger partial charge in [-0.3, -0.25) is 19.3 Å². The normalized spacial score (nSPS) is 13.7. The molecule has 0 unspecified atom stereocenters. The molecule has 31 heavy (non-hydrogen) atoms. The Hall–Kier alpha value is -3.48. The summed E-state index contributed by atoms with van der Waals surface area (Å²) in [6, 6.07) is 11.0. The van der Waals surface area contributed by atoms with Crippen LogP contribution in [-0.4, -0.2) is 41.2 Å². The van der Waals surface area contributed by atoms with Crippen LogP contribution in [0, 0.1) is 13.8 Å². The number of nitrogens with zero attached hydrogens (tertiary/aromatic N) is 1. The van der Waals surface area contributed by atoms with Gasteiger partial charge in [-0.25, -0.2) is 4.79 Å². The number of imide groups is 1. The summed E-state index contributed by atoms with van der Waals surface area (Å²) in [5.74, 6) is -2.28. The number of unbranched alkanes of at least 4 members (excludes halogenated alkanes) is 1. The molecule has 1 N–H and O–H groups in total. The second kappa shape index (κ2) is 9.55. The summed E-state index contributed by atoms with van der Waals surface area (Å²) in [6.45, 7) is 5.27. The highest BCUT2D eigenvalue weighted by molar-refractivity contribution is 6.22. The van der Waals surface area contributed by atoms with Crippen molar-refractivity contribution in [3.8, 4) is 0 Å². The number of esters is 1. The van der Waals surface area contributed by atoms with E-state index >= 15 is 0 Å². The van der Waals surface area contributed by atoms with Crippen LogP contribution < -0.4 is 5.32 Å². The molecule has 1 aliphatic rings. The highest BCUT2D eigenvalue weighted by atomic mass is 16.5. The summed E-state index contributed by atoms with van der Waals surface area (Å²) in [5.41, 5.74) is 3.14. The lowest BCUT2D eigenvalue weighted by molar-refractivity contribution is -0.151. The fourth-order valence-electron chi connectivity index (χ4n) is 3.61. The Morgan fingerprint density at radius 1 is 1.03 bits per heavy atom. The van der Waals surface area contributed by atoms with Crippen molar-refractivity contribution in [3.63, 3.8) is 0 Å². The lowest BCUT2D eigenvalue weighted by Crippen LogP contribution is -2.46. The first-order valence-corrected chi connectivity index (χ1v) is 10.3. The number of rotatable bonds is 8. The molecule has 0 bridgehead atoms. The van der Waals surface area contributed by atoms with E-state index in [2.05, 4.69) is 5.32 Å². The predicted octanol–water partition coefficient (Wildman–Crippen LogP) is 3.64. The molecule has 0 saturated heterocycles. The van der Waals surface area contributed by atoms with Crippen LogP contribution in [0.15, 0.2) is 42.5 Å². The fraction of sp³-hybridized carbons (Fsp3) is 0.333. The highest BCUT2D eigenvalue weighted by Crippen LogP contribution is 2.27. The van der Waals surface area contributed by atoms with Gasteiger partial charge in [0.2, 0.25) is 0 Å². The first-order chi connectivity index (χ1) is 14.8. The Morgan fingerprint density at radius 2 is 1.68 bits per heavy atom.